The first-order valence-corrected chi connectivity index (χ1v) is 8.88. The lowest BCUT2D eigenvalue weighted by atomic mass is 10.1. The zero-order valence-electron chi connectivity index (χ0n) is 15.2. The Bertz CT molecular complexity index is 976. The number of nitrogens with zero attached hydrogens (tertiary/aromatic N) is 1. The Morgan fingerprint density at radius 2 is 1.86 bits per heavy atom. The molecule has 3 aromatic rings. The molecule has 0 unspecified atom stereocenters. The van der Waals surface area contributed by atoms with Crippen LogP contribution in [0.25, 0.3) is 0 Å². The second kappa shape index (κ2) is 8.96. The second-order valence-electron chi connectivity index (χ2n) is 5.91. The summed E-state index contributed by atoms with van der Waals surface area (Å²) in [5.74, 6) is 0.841. The summed E-state index contributed by atoms with van der Waals surface area (Å²) in [5.41, 5.74) is 8.30. The molecule has 7 heteroatoms. The Morgan fingerprint density at radius 3 is 2.50 bits per heavy atom. The Hall–Kier alpha value is -3.45. The molecule has 0 spiro atoms. The summed E-state index contributed by atoms with van der Waals surface area (Å²) in [7, 11) is 1.56. The topological polar surface area (TPSA) is 86.5 Å². The van der Waals surface area contributed by atoms with Gasteiger partial charge in [0.25, 0.3) is 5.91 Å². The number of benzene rings is 2. The van der Waals surface area contributed by atoms with E-state index in [0.29, 0.717) is 34.9 Å². The van der Waals surface area contributed by atoms with Gasteiger partial charge in [-0.3, -0.25) is 9.78 Å². The predicted molar refractivity (Wildman–Crippen MR) is 112 cm³/mol. The molecule has 2 aromatic carbocycles. The van der Waals surface area contributed by atoms with Crippen LogP contribution in [0, 0.1) is 0 Å². The van der Waals surface area contributed by atoms with Gasteiger partial charge in [-0.2, -0.15) is 0 Å². The molecule has 0 aliphatic carbocycles. The number of anilines is 1. The van der Waals surface area contributed by atoms with Gasteiger partial charge in [0.05, 0.1) is 7.11 Å². The van der Waals surface area contributed by atoms with E-state index in [1.54, 1.807) is 62.0 Å². The SMILES string of the molecule is COc1ccc(NC(=O)c2ccc(C(N)=S)cc2)cc1OCc1cccnc1. The van der Waals surface area contributed by atoms with Crippen molar-refractivity contribution in [1.29, 1.82) is 0 Å². The minimum Gasteiger partial charge on any atom is -0.493 e. The van der Waals surface area contributed by atoms with Gasteiger partial charge in [-0.05, 0) is 30.3 Å². The monoisotopic (exact) mass is 393 g/mol. The third kappa shape index (κ3) is 4.83. The molecular formula is C21H19N3O3S. The maximum Gasteiger partial charge on any atom is 0.255 e. The molecule has 6 nitrogen and oxygen atoms in total. The van der Waals surface area contributed by atoms with Crippen molar-refractivity contribution in [3.05, 3.63) is 83.7 Å². The minimum atomic E-state index is -0.252. The standard InChI is InChI=1S/C21H19N3O3S/c1-26-18-9-8-17(11-19(18)27-13-14-3-2-10-23-12-14)24-21(25)16-6-4-15(5-7-16)20(22)28/h2-12H,13H2,1H3,(H2,22,28)(H,24,25). The molecule has 3 rings (SSSR count). The van der Waals surface area contributed by atoms with Gasteiger partial charge in [-0.25, -0.2) is 0 Å². The molecule has 1 aromatic heterocycles. The van der Waals surface area contributed by atoms with Crippen molar-refractivity contribution in [3.8, 4) is 11.5 Å². The fourth-order valence-corrected chi connectivity index (χ4v) is 2.64. The first kappa shape index (κ1) is 19.3. The van der Waals surface area contributed by atoms with Crippen LogP contribution >= 0.6 is 12.2 Å². The maximum atomic E-state index is 12.5. The number of hydrogen-bond donors (Lipinski definition) is 2. The number of thiocarbonyl (C=S) groups is 1. The first-order valence-electron chi connectivity index (χ1n) is 8.48. The van der Waals surface area contributed by atoms with Gasteiger partial charge in [0, 0.05) is 40.8 Å². The van der Waals surface area contributed by atoms with E-state index in [1.165, 1.54) is 0 Å². The molecule has 1 amide bonds. The van der Waals surface area contributed by atoms with E-state index < -0.39 is 0 Å². The number of nitrogens with two attached hydrogens (primary N) is 1. The second-order valence-corrected chi connectivity index (χ2v) is 6.35. The molecule has 0 atom stereocenters. The fraction of sp³-hybridized carbons (Fsp3) is 0.0952. The number of nitrogens with one attached hydrogen (secondary N) is 1. The molecule has 0 fully saturated rings. The number of amides is 1. The lowest BCUT2D eigenvalue weighted by molar-refractivity contribution is 0.102. The van der Waals surface area contributed by atoms with Crippen molar-refractivity contribution in [3.63, 3.8) is 0 Å². The van der Waals surface area contributed by atoms with Crippen molar-refractivity contribution in [2.45, 2.75) is 6.61 Å². The van der Waals surface area contributed by atoms with Crippen LogP contribution in [0.3, 0.4) is 0 Å². The molecule has 0 radical (unpaired) electrons. The zero-order chi connectivity index (χ0) is 19.9. The summed E-state index contributed by atoms with van der Waals surface area (Å²) in [6.07, 6.45) is 3.43. The third-order valence-electron chi connectivity index (χ3n) is 3.97. The molecular weight excluding hydrogens is 374 g/mol. The van der Waals surface area contributed by atoms with Crippen LogP contribution in [0.4, 0.5) is 5.69 Å². The lowest BCUT2D eigenvalue weighted by Gasteiger charge is -2.13. The van der Waals surface area contributed by atoms with Crippen LogP contribution in [0.15, 0.2) is 67.0 Å². The van der Waals surface area contributed by atoms with Gasteiger partial charge in [-0.15, -0.1) is 0 Å². The summed E-state index contributed by atoms with van der Waals surface area (Å²) in [6.45, 7) is 0.335. The van der Waals surface area contributed by atoms with Crippen molar-refractivity contribution >= 4 is 28.8 Å². The smallest absolute Gasteiger partial charge is 0.255 e. The highest BCUT2D eigenvalue weighted by molar-refractivity contribution is 7.80. The number of methoxy groups -OCH3 is 1. The Balaban J connectivity index is 1.73. The zero-order valence-corrected chi connectivity index (χ0v) is 16.0. The Labute approximate surface area is 168 Å². The molecule has 0 saturated carbocycles. The summed E-state index contributed by atoms with van der Waals surface area (Å²) in [4.78, 5) is 16.8. The van der Waals surface area contributed by atoms with Gasteiger partial charge in [-0.1, -0.05) is 30.4 Å². The molecule has 1 heterocycles. The number of ether oxygens (including phenoxy) is 2. The van der Waals surface area contributed by atoms with E-state index in [9.17, 15) is 4.79 Å². The molecule has 28 heavy (non-hydrogen) atoms. The van der Waals surface area contributed by atoms with Gasteiger partial charge in [0.2, 0.25) is 0 Å². The van der Waals surface area contributed by atoms with Gasteiger partial charge in [0.1, 0.15) is 11.6 Å². The number of pyridine rings is 1. The van der Waals surface area contributed by atoms with Gasteiger partial charge < -0.3 is 20.5 Å². The molecule has 0 saturated heterocycles. The number of hydrogen-bond acceptors (Lipinski definition) is 5. The molecule has 142 valence electrons. The van der Waals surface area contributed by atoms with Gasteiger partial charge in [0.15, 0.2) is 11.5 Å². The quantitative estimate of drug-likeness (QED) is 0.597. The van der Waals surface area contributed by atoms with Crippen LogP contribution in [0.2, 0.25) is 0 Å². The number of rotatable bonds is 7. The van der Waals surface area contributed by atoms with E-state index in [4.69, 9.17) is 27.4 Å². The summed E-state index contributed by atoms with van der Waals surface area (Å²) in [6, 6.07) is 15.7. The van der Waals surface area contributed by atoms with E-state index in [-0.39, 0.29) is 10.9 Å². The minimum absolute atomic E-state index is 0.252. The highest BCUT2D eigenvalue weighted by Crippen LogP contribution is 2.31. The average Bonchev–Trinajstić information content (AvgIpc) is 2.73. The maximum absolute atomic E-state index is 12.5. The van der Waals surface area contributed by atoms with Crippen molar-refractivity contribution in [1.82, 2.24) is 4.98 Å². The van der Waals surface area contributed by atoms with Crippen LogP contribution in [-0.4, -0.2) is 23.0 Å². The van der Waals surface area contributed by atoms with Crippen LogP contribution < -0.4 is 20.5 Å². The number of carbonyl (C=O) groups is 1. The number of aromatic nitrogens is 1. The van der Waals surface area contributed by atoms with Crippen LogP contribution in [0.1, 0.15) is 21.5 Å². The van der Waals surface area contributed by atoms with Crippen LogP contribution in [-0.2, 0) is 6.61 Å². The van der Waals surface area contributed by atoms with E-state index >= 15 is 0 Å². The largest absolute Gasteiger partial charge is 0.493 e. The molecule has 0 aliphatic rings. The fourth-order valence-electron chi connectivity index (χ4n) is 2.50. The summed E-state index contributed by atoms with van der Waals surface area (Å²) < 4.78 is 11.2. The number of carbonyl (C=O) groups excluding carboxylic acids is 1. The van der Waals surface area contributed by atoms with Gasteiger partial charge >= 0.3 is 0 Å². The predicted octanol–water partition coefficient (Wildman–Crippen LogP) is 3.56. The molecule has 0 aliphatic heterocycles. The van der Waals surface area contributed by atoms with E-state index in [0.717, 1.165) is 5.56 Å². The van der Waals surface area contributed by atoms with Crippen molar-refractivity contribution < 1.29 is 14.3 Å². The summed E-state index contributed by atoms with van der Waals surface area (Å²) >= 11 is 4.92. The van der Waals surface area contributed by atoms with E-state index in [2.05, 4.69) is 10.3 Å². The Kier molecular flexibility index (Phi) is 6.18. The van der Waals surface area contributed by atoms with Crippen molar-refractivity contribution in [2.75, 3.05) is 12.4 Å². The lowest BCUT2D eigenvalue weighted by Crippen LogP contribution is -2.13. The van der Waals surface area contributed by atoms with Crippen molar-refractivity contribution in [2.24, 2.45) is 5.73 Å². The molecule has 0 bridgehead atoms. The molecule has 3 N–H and O–H groups in total. The van der Waals surface area contributed by atoms with E-state index in [1.807, 2.05) is 12.1 Å². The van der Waals surface area contributed by atoms with Crippen LogP contribution in [0.5, 0.6) is 11.5 Å². The first-order chi connectivity index (χ1) is 13.6. The highest BCUT2D eigenvalue weighted by Gasteiger charge is 2.11. The average molecular weight is 393 g/mol. The normalized spacial score (nSPS) is 10.2. The summed E-state index contributed by atoms with van der Waals surface area (Å²) in [5, 5.41) is 2.85. The highest BCUT2D eigenvalue weighted by atomic mass is 32.1. The third-order valence-corrected chi connectivity index (χ3v) is 4.21. The Morgan fingerprint density at radius 1 is 1.11 bits per heavy atom.